The molecule has 0 radical (unpaired) electrons. The molecule has 0 aromatic carbocycles. The summed E-state index contributed by atoms with van der Waals surface area (Å²) in [4.78, 5) is 23.9. The molecular formula is C11H17N3O3. The molecule has 6 heteroatoms. The smallest absolute Gasteiger partial charge is 0.323 e. The number of rotatable bonds is 6. The summed E-state index contributed by atoms with van der Waals surface area (Å²) < 4.78 is 0. The van der Waals surface area contributed by atoms with Crippen molar-refractivity contribution < 1.29 is 14.7 Å². The van der Waals surface area contributed by atoms with Crippen molar-refractivity contribution in [3.8, 4) is 0 Å². The van der Waals surface area contributed by atoms with Crippen molar-refractivity contribution in [1.29, 1.82) is 0 Å². The Labute approximate surface area is 99.6 Å². The third kappa shape index (κ3) is 3.58. The molecule has 0 saturated carbocycles. The van der Waals surface area contributed by atoms with E-state index in [1.54, 1.807) is 6.07 Å². The van der Waals surface area contributed by atoms with E-state index in [0.29, 0.717) is 13.0 Å². The molecule has 0 atom stereocenters. The van der Waals surface area contributed by atoms with Gasteiger partial charge in [-0.25, -0.2) is 0 Å². The van der Waals surface area contributed by atoms with E-state index in [2.05, 4.69) is 10.2 Å². The fourth-order valence-electron chi connectivity index (χ4n) is 1.50. The van der Waals surface area contributed by atoms with Crippen LogP contribution in [-0.4, -0.2) is 45.2 Å². The van der Waals surface area contributed by atoms with Crippen LogP contribution in [0.15, 0.2) is 6.07 Å². The highest BCUT2D eigenvalue weighted by molar-refractivity contribution is 5.94. The summed E-state index contributed by atoms with van der Waals surface area (Å²) in [5.74, 6) is -1.36. The Morgan fingerprint density at radius 2 is 2.18 bits per heavy atom. The molecule has 1 heterocycles. The molecule has 0 fully saturated rings. The molecule has 17 heavy (non-hydrogen) atoms. The van der Waals surface area contributed by atoms with Crippen LogP contribution < -0.4 is 0 Å². The van der Waals surface area contributed by atoms with Gasteiger partial charge in [0.15, 0.2) is 0 Å². The van der Waals surface area contributed by atoms with Gasteiger partial charge in [0.2, 0.25) is 0 Å². The fraction of sp³-hybridized carbons (Fsp3) is 0.545. The lowest BCUT2D eigenvalue weighted by Crippen LogP contribution is -2.36. The number of H-pyrrole nitrogens is 1. The van der Waals surface area contributed by atoms with E-state index in [1.165, 1.54) is 4.90 Å². The van der Waals surface area contributed by atoms with Gasteiger partial charge in [-0.3, -0.25) is 14.7 Å². The Bertz CT molecular complexity index is 400. The van der Waals surface area contributed by atoms with Gasteiger partial charge in [-0.05, 0) is 18.9 Å². The van der Waals surface area contributed by atoms with Crippen LogP contribution in [0.5, 0.6) is 0 Å². The number of carbonyl (C=O) groups excluding carboxylic acids is 1. The number of aromatic nitrogens is 2. The minimum Gasteiger partial charge on any atom is -0.480 e. The van der Waals surface area contributed by atoms with E-state index in [-0.39, 0.29) is 18.1 Å². The SMILES string of the molecule is CCCN(CC(=O)O)C(=O)c1cc(CC)[nH]n1. The van der Waals surface area contributed by atoms with Gasteiger partial charge in [0.1, 0.15) is 12.2 Å². The fourth-order valence-corrected chi connectivity index (χ4v) is 1.50. The number of carboxylic acids is 1. The third-order valence-electron chi connectivity index (χ3n) is 2.34. The van der Waals surface area contributed by atoms with Crippen LogP contribution >= 0.6 is 0 Å². The number of carbonyl (C=O) groups is 2. The van der Waals surface area contributed by atoms with Crippen LogP contribution in [0, 0.1) is 0 Å². The molecule has 0 aliphatic rings. The first-order chi connectivity index (χ1) is 8.08. The maximum Gasteiger partial charge on any atom is 0.323 e. The minimum atomic E-state index is -1.02. The number of aromatic amines is 1. The lowest BCUT2D eigenvalue weighted by Gasteiger charge is -2.18. The van der Waals surface area contributed by atoms with Gasteiger partial charge < -0.3 is 10.0 Å². The average Bonchev–Trinajstić information content (AvgIpc) is 2.75. The van der Waals surface area contributed by atoms with Crippen molar-refractivity contribution in [2.75, 3.05) is 13.1 Å². The van der Waals surface area contributed by atoms with Crippen molar-refractivity contribution in [1.82, 2.24) is 15.1 Å². The zero-order chi connectivity index (χ0) is 12.8. The highest BCUT2D eigenvalue weighted by Crippen LogP contribution is 2.05. The van der Waals surface area contributed by atoms with Gasteiger partial charge in [0, 0.05) is 12.2 Å². The molecular weight excluding hydrogens is 222 g/mol. The lowest BCUT2D eigenvalue weighted by molar-refractivity contribution is -0.137. The second-order valence-corrected chi connectivity index (χ2v) is 3.75. The molecule has 0 saturated heterocycles. The first-order valence-electron chi connectivity index (χ1n) is 5.63. The molecule has 0 aliphatic heterocycles. The first-order valence-corrected chi connectivity index (χ1v) is 5.63. The highest BCUT2D eigenvalue weighted by atomic mass is 16.4. The van der Waals surface area contributed by atoms with Crippen LogP contribution in [0.4, 0.5) is 0 Å². The predicted octanol–water partition coefficient (Wildman–Crippen LogP) is 0.909. The predicted molar refractivity (Wildman–Crippen MR) is 61.8 cm³/mol. The van der Waals surface area contributed by atoms with Gasteiger partial charge in [-0.15, -0.1) is 0 Å². The second-order valence-electron chi connectivity index (χ2n) is 3.75. The zero-order valence-electron chi connectivity index (χ0n) is 10.1. The first kappa shape index (κ1) is 13.2. The largest absolute Gasteiger partial charge is 0.480 e. The number of hydrogen-bond acceptors (Lipinski definition) is 3. The van der Waals surface area contributed by atoms with Crippen molar-refractivity contribution in [3.05, 3.63) is 17.5 Å². The molecule has 1 amide bonds. The number of aliphatic carboxylic acids is 1. The van der Waals surface area contributed by atoms with E-state index >= 15 is 0 Å². The summed E-state index contributed by atoms with van der Waals surface area (Å²) in [7, 11) is 0. The van der Waals surface area contributed by atoms with Gasteiger partial charge in [-0.2, -0.15) is 5.10 Å². The maximum atomic E-state index is 12.0. The Morgan fingerprint density at radius 1 is 1.47 bits per heavy atom. The Hall–Kier alpha value is -1.85. The van der Waals surface area contributed by atoms with Gasteiger partial charge in [-0.1, -0.05) is 13.8 Å². The number of aryl methyl sites for hydroxylation is 1. The zero-order valence-corrected chi connectivity index (χ0v) is 10.1. The van der Waals surface area contributed by atoms with Crippen molar-refractivity contribution in [2.45, 2.75) is 26.7 Å². The molecule has 0 spiro atoms. The van der Waals surface area contributed by atoms with E-state index in [1.807, 2.05) is 13.8 Å². The van der Waals surface area contributed by atoms with E-state index in [4.69, 9.17) is 5.11 Å². The number of nitrogens with one attached hydrogen (secondary N) is 1. The molecule has 6 nitrogen and oxygen atoms in total. The van der Waals surface area contributed by atoms with E-state index in [9.17, 15) is 9.59 Å². The number of amides is 1. The summed E-state index contributed by atoms with van der Waals surface area (Å²) in [6, 6.07) is 1.66. The van der Waals surface area contributed by atoms with Crippen molar-refractivity contribution in [3.63, 3.8) is 0 Å². The Morgan fingerprint density at radius 3 is 2.65 bits per heavy atom. The summed E-state index contributed by atoms with van der Waals surface area (Å²) in [6.45, 7) is 3.97. The molecule has 0 bridgehead atoms. The van der Waals surface area contributed by atoms with Crippen LogP contribution in [0.1, 0.15) is 36.5 Å². The number of carboxylic acid groups (broad SMARTS) is 1. The summed E-state index contributed by atoms with van der Waals surface area (Å²) in [6.07, 6.45) is 1.47. The van der Waals surface area contributed by atoms with Crippen molar-refractivity contribution in [2.24, 2.45) is 0 Å². The molecule has 0 aliphatic carbocycles. The van der Waals surface area contributed by atoms with Crippen LogP contribution in [0.25, 0.3) is 0 Å². The van der Waals surface area contributed by atoms with Crippen molar-refractivity contribution >= 4 is 11.9 Å². The Balaban J connectivity index is 2.79. The normalized spacial score (nSPS) is 10.2. The molecule has 94 valence electrons. The summed E-state index contributed by atoms with van der Waals surface area (Å²) in [5.41, 5.74) is 1.14. The van der Waals surface area contributed by atoms with Gasteiger partial charge in [0.25, 0.3) is 5.91 Å². The van der Waals surface area contributed by atoms with Crippen LogP contribution in [-0.2, 0) is 11.2 Å². The molecule has 0 unspecified atom stereocenters. The third-order valence-corrected chi connectivity index (χ3v) is 2.34. The number of hydrogen-bond donors (Lipinski definition) is 2. The second kappa shape index (κ2) is 6.03. The van der Waals surface area contributed by atoms with Gasteiger partial charge >= 0.3 is 5.97 Å². The van der Waals surface area contributed by atoms with Gasteiger partial charge in [0.05, 0.1) is 0 Å². The van der Waals surface area contributed by atoms with Crippen LogP contribution in [0.2, 0.25) is 0 Å². The standard InChI is InChI=1S/C11H17N3O3/c1-3-5-14(7-10(15)16)11(17)9-6-8(4-2)12-13-9/h6H,3-5,7H2,1-2H3,(H,12,13)(H,15,16). The highest BCUT2D eigenvalue weighted by Gasteiger charge is 2.19. The minimum absolute atomic E-state index is 0.275. The summed E-state index contributed by atoms with van der Waals surface area (Å²) in [5, 5.41) is 15.4. The topological polar surface area (TPSA) is 86.3 Å². The molecule has 1 rings (SSSR count). The van der Waals surface area contributed by atoms with Crippen LogP contribution in [0.3, 0.4) is 0 Å². The summed E-state index contributed by atoms with van der Waals surface area (Å²) >= 11 is 0. The molecule has 1 aromatic heterocycles. The quantitative estimate of drug-likeness (QED) is 0.772. The monoisotopic (exact) mass is 239 g/mol. The lowest BCUT2D eigenvalue weighted by atomic mass is 10.2. The number of nitrogens with zero attached hydrogens (tertiary/aromatic N) is 2. The molecule has 1 aromatic rings. The Kier molecular flexibility index (Phi) is 4.68. The van der Waals surface area contributed by atoms with E-state index < -0.39 is 5.97 Å². The maximum absolute atomic E-state index is 12.0. The van der Waals surface area contributed by atoms with E-state index in [0.717, 1.165) is 12.1 Å². The average molecular weight is 239 g/mol. The molecule has 2 N–H and O–H groups in total.